The van der Waals surface area contributed by atoms with Crippen molar-refractivity contribution < 1.29 is 14.5 Å². The zero-order valence-corrected chi connectivity index (χ0v) is 9.46. The number of hydrogen-bond acceptors (Lipinski definition) is 4. The fourth-order valence-corrected chi connectivity index (χ4v) is 1.20. The van der Waals surface area contributed by atoms with Crippen LogP contribution in [-0.2, 0) is 4.74 Å². The van der Waals surface area contributed by atoms with Crippen LogP contribution in [0.15, 0.2) is 42.5 Å². The van der Waals surface area contributed by atoms with E-state index in [9.17, 15) is 14.9 Å². The summed E-state index contributed by atoms with van der Waals surface area (Å²) >= 11 is 0. The van der Waals surface area contributed by atoms with Gasteiger partial charge in [-0.05, 0) is 24.6 Å². The molecule has 0 spiro atoms. The lowest BCUT2D eigenvalue weighted by Crippen LogP contribution is -2.27. The van der Waals surface area contributed by atoms with Crippen LogP contribution in [0.2, 0.25) is 0 Å². The summed E-state index contributed by atoms with van der Waals surface area (Å²) in [5.74, 6) is -0.571. The van der Waals surface area contributed by atoms with Gasteiger partial charge in [0.15, 0.2) is 6.61 Å². The maximum absolute atomic E-state index is 11.5. The topological polar surface area (TPSA) is 69.4 Å². The van der Waals surface area contributed by atoms with Gasteiger partial charge in [0.25, 0.3) is 6.04 Å². The van der Waals surface area contributed by atoms with Gasteiger partial charge < -0.3 is 4.74 Å². The Bertz CT molecular complexity index is 413. The number of carbonyl (C=O) groups excluding carboxylic acids is 1. The Hall–Kier alpha value is -2.17. The van der Waals surface area contributed by atoms with E-state index in [0.29, 0.717) is 11.1 Å². The van der Waals surface area contributed by atoms with Crippen molar-refractivity contribution in [2.24, 2.45) is 0 Å². The highest BCUT2D eigenvalue weighted by Gasteiger charge is 2.23. The molecule has 0 saturated heterocycles. The number of rotatable bonds is 5. The molecule has 1 aromatic rings. The first kappa shape index (κ1) is 12.9. The molecule has 90 valence electrons. The maximum atomic E-state index is 11.5. The van der Waals surface area contributed by atoms with Gasteiger partial charge in [0.05, 0.1) is 5.56 Å². The van der Waals surface area contributed by atoms with Gasteiger partial charge in [-0.2, -0.15) is 0 Å². The average molecular weight is 235 g/mol. The van der Waals surface area contributed by atoms with Crippen LogP contribution in [0.1, 0.15) is 17.3 Å². The van der Waals surface area contributed by atoms with Crippen LogP contribution in [0.25, 0.3) is 0 Å². The molecule has 1 rings (SSSR count). The van der Waals surface area contributed by atoms with Crippen LogP contribution in [-0.4, -0.2) is 23.5 Å². The molecule has 0 radical (unpaired) electrons. The van der Waals surface area contributed by atoms with Crippen molar-refractivity contribution in [1.82, 2.24) is 0 Å². The first-order chi connectivity index (χ1) is 8.02. The summed E-state index contributed by atoms with van der Waals surface area (Å²) < 4.78 is 4.87. The van der Waals surface area contributed by atoms with Gasteiger partial charge in [-0.25, -0.2) is 4.79 Å². The largest absolute Gasteiger partial charge is 0.454 e. The zero-order valence-electron chi connectivity index (χ0n) is 9.46. The molecule has 5 nitrogen and oxygen atoms in total. The average Bonchev–Trinajstić information content (AvgIpc) is 2.29. The summed E-state index contributed by atoms with van der Waals surface area (Å²) in [7, 11) is 0. The Balaban J connectivity index is 2.59. The molecule has 0 aromatic heterocycles. The Kier molecular flexibility index (Phi) is 4.39. The molecule has 0 N–H and O–H groups in total. The van der Waals surface area contributed by atoms with Crippen molar-refractivity contribution in [3.8, 4) is 0 Å². The number of nitrogens with zero attached hydrogens (tertiary/aromatic N) is 1. The molecule has 0 bridgehead atoms. The minimum Gasteiger partial charge on any atom is -0.454 e. The van der Waals surface area contributed by atoms with E-state index in [4.69, 9.17) is 4.74 Å². The van der Waals surface area contributed by atoms with Crippen LogP contribution < -0.4 is 0 Å². The lowest BCUT2D eigenvalue weighted by Gasteiger charge is -2.09. The fraction of sp³-hybridized carbons (Fsp3) is 0.250. The first-order valence-corrected chi connectivity index (χ1v) is 5.03. The standard InChI is InChI=1S/C12H13NO4/c1-9(2)11(13(15)16)8-17-12(14)10-6-4-3-5-7-10/h3-7,11H,1,8H2,2H3. The second-order valence-electron chi connectivity index (χ2n) is 3.61. The third-order valence-corrected chi connectivity index (χ3v) is 2.21. The summed E-state index contributed by atoms with van der Waals surface area (Å²) in [6.45, 7) is 4.73. The van der Waals surface area contributed by atoms with E-state index in [2.05, 4.69) is 6.58 Å². The van der Waals surface area contributed by atoms with E-state index in [1.54, 1.807) is 30.3 Å². The molecule has 0 fully saturated rings. The Morgan fingerprint density at radius 2 is 2.06 bits per heavy atom. The molecule has 5 heteroatoms. The van der Waals surface area contributed by atoms with E-state index >= 15 is 0 Å². The molecule has 1 atom stereocenters. The van der Waals surface area contributed by atoms with Gasteiger partial charge in [0.2, 0.25) is 0 Å². The van der Waals surface area contributed by atoms with E-state index in [1.165, 1.54) is 6.92 Å². The molecule has 0 saturated carbocycles. The van der Waals surface area contributed by atoms with Crippen molar-refractivity contribution >= 4 is 5.97 Å². The summed E-state index contributed by atoms with van der Waals surface area (Å²) in [5, 5.41) is 10.6. The van der Waals surface area contributed by atoms with Gasteiger partial charge in [0.1, 0.15) is 0 Å². The Morgan fingerprint density at radius 3 is 2.53 bits per heavy atom. The Labute approximate surface area is 98.9 Å². The second-order valence-corrected chi connectivity index (χ2v) is 3.61. The summed E-state index contributed by atoms with van der Waals surface area (Å²) in [6.07, 6.45) is 0. The van der Waals surface area contributed by atoms with Crippen LogP contribution in [0.4, 0.5) is 0 Å². The minimum absolute atomic E-state index is 0.296. The van der Waals surface area contributed by atoms with Crippen molar-refractivity contribution in [1.29, 1.82) is 0 Å². The molecule has 0 aliphatic rings. The van der Waals surface area contributed by atoms with Crippen molar-refractivity contribution in [3.63, 3.8) is 0 Å². The quantitative estimate of drug-likeness (QED) is 0.339. The molecule has 1 unspecified atom stereocenters. The smallest absolute Gasteiger partial charge is 0.338 e. The molecule has 0 aliphatic heterocycles. The monoisotopic (exact) mass is 235 g/mol. The second kappa shape index (κ2) is 5.79. The summed E-state index contributed by atoms with van der Waals surface area (Å²) in [5.41, 5.74) is 0.729. The highest BCUT2D eigenvalue weighted by Crippen LogP contribution is 2.06. The molecular weight excluding hydrogens is 222 g/mol. The van der Waals surface area contributed by atoms with Gasteiger partial charge in [-0.3, -0.25) is 10.1 Å². The highest BCUT2D eigenvalue weighted by molar-refractivity contribution is 5.89. The molecule has 1 aromatic carbocycles. The molecule has 0 heterocycles. The van der Waals surface area contributed by atoms with E-state index in [-0.39, 0.29) is 6.61 Å². The predicted molar refractivity (Wildman–Crippen MR) is 62.3 cm³/mol. The molecular formula is C12H13NO4. The number of benzene rings is 1. The van der Waals surface area contributed by atoms with E-state index in [0.717, 1.165) is 0 Å². The van der Waals surface area contributed by atoms with Crippen molar-refractivity contribution in [2.45, 2.75) is 13.0 Å². The molecule has 0 aliphatic carbocycles. The number of nitro groups is 1. The Morgan fingerprint density at radius 1 is 1.47 bits per heavy atom. The fourth-order valence-electron chi connectivity index (χ4n) is 1.20. The van der Waals surface area contributed by atoms with Gasteiger partial charge in [-0.1, -0.05) is 24.8 Å². The van der Waals surface area contributed by atoms with Crippen LogP contribution >= 0.6 is 0 Å². The zero-order chi connectivity index (χ0) is 12.8. The van der Waals surface area contributed by atoms with E-state index < -0.39 is 16.9 Å². The van der Waals surface area contributed by atoms with Crippen molar-refractivity contribution in [2.75, 3.05) is 6.61 Å². The van der Waals surface area contributed by atoms with E-state index in [1.807, 2.05) is 0 Å². The number of hydrogen-bond donors (Lipinski definition) is 0. The molecule has 17 heavy (non-hydrogen) atoms. The van der Waals surface area contributed by atoms with Crippen LogP contribution in [0.3, 0.4) is 0 Å². The van der Waals surface area contributed by atoms with Gasteiger partial charge >= 0.3 is 5.97 Å². The first-order valence-electron chi connectivity index (χ1n) is 5.03. The highest BCUT2D eigenvalue weighted by atomic mass is 16.6. The predicted octanol–water partition coefficient (Wildman–Crippen LogP) is 2.06. The number of ether oxygens (including phenoxy) is 1. The molecule has 0 amide bonds. The number of esters is 1. The third kappa shape index (κ3) is 3.71. The minimum atomic E-state index is -1.05. The normalized spacial score (nSPS) is 11.6. The maximum Gasteiger partial charge on any atom is 0.338 e. The van der Waals surface area contributed by atoms with Crippen molar-refractivity contribution in [3.05, 3.63) is 58.2 Å². The van der Waals surface area contributed by atoms with Gasteiger partial charge in [-0.15, -0.1) is 0 Å². The van der Waals surface area contributed by atoms with Crippen LogP contribution in [0.5, 0.6) is 0 Å². The van der Waals surface area contributed by atoms with Gasteiger partial charge in [0, 0.05) is 4.92 Å². The summed E-state index contributed by atoms with van der Waals surface area (Å²) in [4.78, 5) is 21.6. The number of carbonyl (C=O) groups is 1. The SMILES string of the molecule is C=C(C)C(COC(=O)c1ccccc1)[N+](=O)[O-]. The van der Waals surface area contributed by atoms with Crippen LogP contribution in [0, 0.1) is 10.1 Å². The lowest BCUT2D eigenvalue weighted by atomic mass is 10.2. The third-order valence-electron chi connectivity index (χ3n) is 2.21. The summed E-state index contributed by atoms with van der Waals surface area (Å²) in [6, 6.07) is 7.28. The lowest BCUT2D eigenvalue weighted by molar-refractivity contribution is -0.514.